The van der Waals surface area contributed by atoms with Gasteiger partial charge in [-0.15, -0.1) is 0 Å². The van der Waals surface area contributed by atoms with Crippen molar-refractivity contribution in [3.05, 3.63) is 99.6 Å². The third-order valence-corrected chi connectivity index (χ3v) is 4.70. The molecule has 0 unspecified atom stereocenters. The van der Waals surface area contributed by atoms with Crippen molar-refractivity contribution in [2.24, 2.45) is 0 Å². The van der Waals surface area contributed by atoms with Crippen LogP contribution in [-0.2, 0) is 0 Å². The fourth-order valence-electron chi connectivity index (χ4n) is 3.35. The van der Waals surface area contributed by atoms with E-state index in [0.717, 1.165) is 5.56 Å². The lowest BCUT2D eigenvalue weighted by atomic mass is 10.1. The largest absolute Gasteiger partial charge is 0.399 e. The minimum Gasteiger partial charge on any atom is -0.399 e. The van der Waals surface area contributed by atoms with E-state index in [1.165, 1.54) is 4.57 Å². The maximum atomic E-state index is 13.1. The zero-order chi connectivity index (χ0) is 19.3. The van der Waals surface area contributed by atoms with Crippen LogP contribution < -0.4 is 11.3 Å². The normalized spacial score (nSPS) is 11.6. The first-order chi connectivity index (χ1) is 13.6. The van der Waals surface area contributed by atoms with Gasteiger partial charge in [-0.25, -0.2) is 4.98 Å². The summed E-state index contributed by atoms with van der Waals surface area (Å²) in [6.45, 7) is 0. The number of hydrogen-bond acceptors (Lipinski definition) is 4. The summed E-state index contributed by atoms with van der Waals surface area (Å²) >= 11 is 0. The number of rotatable bonds is 0. The molecule has 2 N–H and O–H groups in total. The zero-order valence-electron chi connectivity index (χ0n) is 14.6. The maximum absolute atomic E-state index is 13.1. The van der Waals surface area contributed by atoms with Crippen molar-refractivity contribution in [1.29, 1.82) is 0 Å². The molecular weight excluding hydrogens is 350 g/mol. The topological polar surface area (TPSA) is 78.0 Å². The Morgan fingerprint density at radius 2 is 1.64 bits per heavy atom. The van der Waals surface area contributed by atoms with E-state index in [2.05, 4.69) is 16.8 Å². The summed E-state index contributed by atoms with van der Waals surface area (Å²) in [5.41, 5.74) is 8.97. The molecule has 0 aliphatic carbocycles. The first kappa shape index (κ1) is 16.0. The van der Waals surface area contributed by atoms with Gasteiger partial charge in [-0.3, -0.25) is 14.2 Å². The molecule has 0 radical (unpaired) electrons. The van der Waals surface area contributed by atoms with Crippen LogP contribution in [0.25, 0.3) is 16.6 Å². The van der Waals surface area contributed by atoms with Crippen LogP contribution in [-0.4, -0.2) is 15.3 Å². The molecule has 1 aliphatic rings. The van der Waals surface area contributed by atoms with Crippen molar-refractivity contribution in [2.75, 3.05) is 5.73 Å². The Bertz CT molecular complexity index is 1410. The lowest BCUT2D eigenvalue weighted by Crippen LogP contribution is -2.21. The summed E-state index contributed by atoms with van der Waals surface area (Å²) in [6.07, 6.45) is 0. The van der Waals surface area contributed by atoms with Crippen LogP contribution in [0.15, 0.2) is 71.5 Å². The van der Waals surface area contributed by atoms with E-state index < -0.39 is 0 Å². The van der Waals surface area contributed by atoms with Crippen LogP contribution >= 0.6 is 0 Å². The molecule has 4 aromatic rings. The molecule has 2 heterocycles. The number of carbonyl (C=O) groups excluding carboxylic acids is 1. The number of nitrogens with zero attached hydrogens (tertiary/aromatic N) is 2. The lowest BCUT2D eigenvalue weighted by Gasteiger charge is -2.06. The third-order valence-electron chi connectivity index (χ3n) is 4.70. The molecule has 5 heteroatoms. The Balaban J connectivity index is 1.71. The van der Waals surface area contributed by atoms with Crippen molar-refractivity contribution < 1.29 is 4.79 Å². The van der Waals surface area contributed by atoms with Gasteiger partial charge in [-0.2, -0.15) is 0 Å². The maximum Gasteiger partial charge on any atom is 0.266 e. The van der Waals surface area contributed by atoms with E-state index in [9.17, 15) is 9.59 Å². The highest BCUT2D eigenvalue weighted by Gasteiger charge is 2.30. The molecule has 0 amide bonds. The van der Waals surface area contributed by atoms with Crippen LogP contribution in [0.1, 0.15) is 27.3 Å². The predicted molar refractivity (Wildman–Crippen MR) is 108 cm³/mol. The number of benzene rings is 3. The van der Waals surface area contributed by atoms with Crippen LogP contribution in [0.5, 0.6) is 0 Å². The Kier molecular flexibility index (Phi) is 3.40. The van der Waals surface area contributed by atoms with Gasteiger partial charge < -0.3 is 5.73 Å². The summed E-state index contributed by atoms with van der Waals surface area (Å²) in [5, 5.41) is 0.380. The molecule has 3 aromatic carbocycles. The second kappa shape index (κ2) is 5.93. The van der Waals surface area contributed by atoms with Gasteiger partial charge in [0.15, 0.2) is 5.82 Å². The summed E-state index contributed by atoms with van der Waals surface area (Å²) in [7, 11) is 0. The van der Waals surface area contributed by atoms with Crippen molar-refractivity contribution in [2.45, 2.75) is 0 Å². The highest BCUT2D eigenvalue weighted by Crippen LogP contribution is 2.27. The highest BCUT2D eigenvalue weighted by atomic mass is 16.1. The second-order valence-corrected chi connectivity index (χ2v) is 6.53. The summed E-state index contributed by atoms with van der Waals surface area (Å²) in [5.74, 6) is 6.02. The van der Waals surface area contributed by atoms with E-state index in [-0.39, 0.29) is 17.2 Å². The third kappa shape index (κ3) is 2.40. The molecule has 0 saturated carbocycles. The molecular formula is C23H13N3O2. The summed E-state index contributed by atoms with van der Waals surface area (Å²) < 4.78 is 1.35. The van der Waals surface area contributed by atoms with Gasteiger partial charge >= 0.3 is 0 Å². The van der Waals surface area contributed by atoms with Gasteiger partial charge in [0.05, 0.1) is 22.2 Å². The Hall–Kier alpha value is -4.17. The Morgan fingerprint density at radius 1 is 0.857 bits per heavy atom. The molecule has 5 nitrogen and oxygen atoms in total. The molecule has 132 valence electrons. The van der Waals surface area contributed by atoms with E-state index in [0.29, 0.717) is 33.4 Å². The number of anilines is 1. The van der Waals surface area contributed by atoms with Gasteiger partial charge in [-0.05, 0) is 48.5 Å². The number of carbonyl (C=O) groups is 1. The van der Waals surface area contributed by atoms with Crippen LogP contribution in [0.2, 0.25) is 0 Å². The van der Waals surface area contributed by atoms with Gasteiger partial charge in [0.2, 0.25) is 5.78 Å². The van der Waals surface area contributed by atoms with Gasteiger partial charge in [0, 0.05) is 16.8 Å². The van der Waals surface area contributed by atoms with Crippen molar-refractivity contribution in [1.82, 2.24) is 9.55 Å². The van der Waals surface area contributed by atoms with Crippen molar-refractivity contribution in [3.63, 3.8) is 0 Å². The van der Waals surface area contributed by atoms with E-state index in [1.54, 1.807) is 36.4 Å². The van der Waals surface area contributed by atoms with Crippen LogP contribution in [0, 0.1) is 11.8 Å². The van der Waals surface area contributed by atoms with Crippen molar-refractivity contribution >= 4 is 22.4 Å². The minimum atomic E-state index is -0.312. The van der Waals surface area contributed by atoms with Crippen molar-refractivity contribution in [3.8, 4) is 17.5 Å². The molecule has 1 aliphatic heterocycles. The standard InChI is InChI=1S/C23H13N3O2/c24-16-9-11-19-18(13-16)23(28)26-20-12-15(7-6-14-4-2-1-3-5-14)8-10-17(20)21(27)22(26)25-19/h1-5,8-13H,24H2. The fraction of sp³-hybridized carbons (Fsp3) is 0. The van der Waals surface area contributed by atoms with E-state index in [1.807, 2.05) is 30.3 Å². The summed E-state index contributed by atoms with van der Waals surface area (Å²) in [6, 6.07) is 19.7. The fourth-order valence-corrected chi connectivity index (χ4v) is 3.35. The molecule has 1 aromatic heterocycles. The number of nitrogens with two attached hydrogens (primary N) is 1. The molecule has 0 spiro atoms. The number of hydrogen-bond donors (Lipinski definition) is 1. The first-order valence-corrected chi connectivity index (χ1v) is 8.70. The number of nitrogen functional groups attached to an aromatic ring is 1. The highest BCUT2D eigenvalue weighted by molar-refractivity contribution is 6.13. The first-order valence-electron chi connectivity index (χ1n) is 8.70. The SMILES string of the molecule is Nc1ccc2nc3n(c(=O)c2c1)-c1cc(C#Cc2ccccc2)ccc1C3=O. The smallest absolute Gasteiger partial charge is 0.266 e. The zero-order valence-corrected chi connectivity index (χ0v) is 14.6. The molecule has 0 atom stereocenters. The quantitative estimate of drug-likeness (QED) is 0.339. The predicted octanol–water partition coefficient (Wildman–Crippen LogP) is 2.91. The van der Waals surface area contributed by atoms with Gasteiger partial charge in [0.1, 0.15) is 0 Å². The molecule has 5 rings (SSSR count). The van der Waals surface area contributed by atoms with E-state index >= 15 is 0 Å². The van der Waals surface area contributed by atoms with Crippen LogP contribution in [0.4, 0.5) is 5.69 Å². The second-order valence-electron chi connectivity index (χ2n) is 6.53. The number of aromatic nitrogens is 2. The minimum absolute atomic E-state index is 0.116. The Morgan fingerprint density at radius 3 is 2.46 bits per heavy atom. The lowest BCUT2D eigenvalue weighted by molar-refractivity contribution is 0.103. The summed E-state index contributed by atoms with van der Waals surface area (Å²) in [4.78, 5) is 30.2. The van der Waals surface area contributed by atoms with Crippen LogP contribution in [0.3, 0.4) is 0 Å². The molecule has 0 bridgehead atoms. The van der Waals surface area contributed by atoms with Gasteiger partial charge in [0.25, 0.3) is 5.56 Å². The average molecular weight is 363 g/mol. The van der Waals surface area contributed by atoms with E-state index in [4.69, 9.17) is 5.73 Å². The average Bonchev–Trinajstić information content (AvgIpc) is 3.00. The monoisotopic (exact) mass is 363 g/mol. The molecule has 0 saturated heterocycles. The molecule has 0 fully saturated rings. The Labute approximate surface area is 160 Å². The number of ketones is 1. The molecule has 28 heavy (non-hydrogen) atoms. The number of fused-ring (bicyclic) bond motifs is 4. The van der Waals surface area contributed by atoms with Gasteiger partial charge in [-0.1, -0.05) is 30.0 Å².